The lowest BCUT2D eigenvalue weighted by Crippen LogP contribution is -2.14. The van der Waals surface area contributed by atoms with Crippen molar-refractivity contribution in [3.63, 3.8) is 0 Å². The lowest BCUT2D eigenvalue weighted by molar-refractivity contribution is 0.661. The molecule has 1 aliphatic rings. The summed E-state index contributed by atoms with van der Waals surface area (Å²) >= 11 is 0. The maximum atomic E-state index is 2.44. The fourth-order valence-corrected chi connectivity index (χ4v) is 10.4. The topological polar surface area (TPSA) is 0 Å². The summed E-state index contributed by atoms with van der Waals surface area (Å²) in [5.41, 5.74) is 13.0. The Hall–Kier alpha value is -7.02. The molecule has 0 radical (unpaired) electrons. The van der Waals surface area contributed by atoms with E-state index in [0.29, 0.717) is 0 Å². The van der Waals surface area contributed by atoms with Gasteiger partial charge in [-0.3, -0.25) is 0 Å². The van der Waals surface area contributed by atoms with E-state index >= 15 is 0 Å². The van der Waals surface area contributed by atoms with Gasteiger partial charge in [0.25, 0.3) is 0 Å². The predicted octanol–water partition coefficient (Wildman–Crippen LogP) is 15.9. The van der Waals surface area contributed by atoms with Crippen molar-refractivity contribution in [3.05, 3.63) is 205 Å². The second-order valence-electron chi connectivity index (χ2n) is 16.4. The fourth-order valence-electron chi connectivity index (χ4n) is 10.4. The summed E-state index contributed by atoms with van der Waals surface area (Å²) in [6.45, 7) is 4.76. The van der Waals surface area contributed by atoms with Crippen LogP contribution in [-0.4, -0.2) is 0 Å². The third kappa shape index (κ3) is 4.62. The highest BCUT2D eigenvalue weighted by molar-refractivity contribution is 6.28. The van der Waals surface area contributed by atoms with E-state index in [-0.39, 0.29) is 5.41 Å². The highest BCUT2D eigenvalue weighted by Gasteiger charge is 2.37. The van der Waals surface area contributed by atoms with Gasteiger partial charge in [-0.2, -0.15) is 0 Å². The quantitative estimate of drug-likeness (QED) is 0.126. The molecule has 0 heteroatoms. The first-order valence-corrected chi connectivity index (χ1v) is 20.1. The zero-order valence-corrected chi connectivity index (χ0v) is 32.0. The molecule has 0 aromatic heterocycles. The summed E-state index contributed by atoms with van der Waals surface area (Å²) in [4.78, 5) is 0. The monoisotopic (exact) mass is 722 g/mol. The molecule has 266 valence electrons. The zero-order chi connectivity index (χ0) is 37.8. The molecule has 0 amide bonds. The molecular weight excluding hydrogens is 685 g/mol. The zero-order valence-electron chi connectivity index (χ0n) is 32.0. The molecule has 0 heterocycles. The Morgan fingerprint density at radius 3 is 1.53 bits per heavy atom. The molecular formula is C57H38. The van der Waals surface area contributed by atoms with Gasteiger partial charge in [0.2, 0.25) is 0 Å². The molecule has 0 unspecified atom stereocenters. The lowest BCUT2D eigenvalue weighted by Gasteiger charge is -2.22. The van der Waals surface area contributed by atoms with Gasteiger partial charge in [0.05, 0.1) is 0 Å². The van der Waals surface area contributed by atoms with Gasteiger partial charge in [-0.1, -0.05) is 184 Å². The van der Waals surface area contributed by atoms with Crippen molar-refractivity contribution in [2.75, 3.05) is 0 Å². The van der Waals surface area contributed by atoms with Gasteiger partial charge in [0, 0.05) is 5.41 Å². The molecule has 0 bridgehead atoms. The molecule has 0 spiro atoms. The van der Waals surface area contributed by atoms with E-state index in [1.165, 1.54) is 120 Å². The van der Waals surface area contributed by atoms with Gasteiger partial charge in [-0.15, -0.1) is 0 Å². The number of fused-ring (bicyclic) bond motifs is 11. The third-order valence-electron chi connectivity index (χ3n) is 13.0. The summed E-state index contributed by atoms with van der Waals surface area (Å²) in [5, 5.41) is 15.4. The van der Waals surface area contributed by atoms with E-state index in [2.05, 4.69) is 208 Å². The number of hydrogen-bond acceptors (Lipinski definition) is 0. The van der Waals surface area contributed by atoms with Crippen LogP contribution in [0.25, 0.3) is 109 Å². The van der Waals surface area contributed by atoms with Crippen molar-refractivity contribution in [2.45, 2.75) is 19.3 Å². The largest absolute Gasteiger partial charge is 0.0616 e. The molecule has 1 aliphatic carbocycles. The van der Waals surface area contributed by atoms with Crippen LogP contribution >= 0.6 is 0 Å². The summed E-state index contributed by atoms with van der Waals surface area (Å²) in [6, 6.07) is 72.7. The second-order valence-corrected chi connectivity index (χ2v) is 16.4. The van der Waals surface area contributed by atoms with Gasteiger partial charge >= 0.3 is 0 Å². The van der Waals surface area contributed by atoms with Gasteiger partial charge in [0.1, 0.15) is 0 Å². The van der Waals surface area contributed by atoms with Crippen molar-refractivity contribution in [2.24, 2.45) is 0 Å². The Morgan fingerprint density at radius 1 is 0.281 bits per heavy atom. The highest BCUT2D eigenvalue weighted by atomic mass is 14.4. The molecule has 0 N–H and O–H groups in total. The summed E-state index contributed by atoms with van der Waals surface area (Å²) in [6.07, 6.45) is 0. The fraction of sp³-hybridized carbons (Fsp3) is 0.0526. The molecule has 12 rings (SSSR count). The minimum absolute atomic E-state index is 0.0927. The van der Waals surface area contributed by atoms with Crippen molar-refractivity contribution in [1.29, 1.82) is 0 Å². The standard InChI is InChI=1S/C57H38/c1-57(2)51-28-14-27-42(56(51)50-32-36-16-3-4-17-37(36)34-52(50)57)38-18-13-19-39(31-38)54-45-23-9-11-25-47(45)55(48-26-12-10-24-46(48)54)49-33-40-30-29-35-15-5-6-20-41(35)53(40)44-22-8-7-21-43(44)49/h3-34H,1-2H3. The van der Waals surface area contributed by atoms with Crippen molar-refractivity contribution in [1.82, 2.24) is 0 Å². The van der Waals surface area contributed by atoms with E-state index in [1.807, 2.05) is 0 Å². The highest BCUT2D eigenvalue weighted by Crippen LogP contribution is 2.54. The minimum atomic E-state index is -0.0927. The van der Waals surface area contributed by atoms with E-state index in [4.69, 9.17) is 0 Å². The second kappa shape index (κ2) is 12.0. The Balaban J connectivity index is 1.11. The van der Waals surface area contributed by atoms with Gasteiger partial charge in [-0.25, -0.2) is 0 Å². The molecule has 0 nitrogen and oxygen atoms in total. The first kappa shape index (κ1) is 32.2. The van der Waals surface area contributed by atoms with Crippen LogP contribution in [-0.2, 0) is 5.41 Å². The van der Waals surface area contributed by atoms with E-state index < -0.39 is 0 Å². The van der Waals surface area contributed by atoms with Crippen LogP contribution in [0.15, 0.2) is 194 Å². The van der Waals surface area contributed by atoms with Crippen LogP contribution in [0.1, 0.15) is 25.0 Å². The average molecular weight is 723 g/mol. The summed E-state index contributed by atoms with van der Waals surface area (Å²) in [7, 11) is 0. The van der Waals surface area contributed by atoms with Crippen LogP contribution in [0.5, 0.6) is 0 Å². The van der Waals surface area contributed by atoms with E-state index in [9.17, 15) is 0 Å². The lowest BCUT2D eigenvalue weighted by atomic mass is 9.81. The molecule has 11 aromatic rings. The van der Waals surface area contributed by atoms with Crippen LogP contribution in [0.4, 0.5) is 0 Å². The van der Waals surface area contributed by atoms with Gasteiger partial charge in [-0.05, 0) is 145 Å². The molecule has 57 heavy (non-hydrogen) atoms. The average Bonchev–Trinajstić information content (AvgIpc) is 3.49. The van der Waals surface area contributed by atoms with Gasteiger partial charge < -0.3 is 0 Å². The molecule has 0 aliphatic heterocycles. The molecule has 11 aromatic carbocycles. The smallest absolute Gasteiger partial charge is 0.0159 e. The molecule has 0 fully saturated rings. The maximum absolute atomic E-state index is 2.44. The first-order valence-electron chi connectivity index (χ1n) is 20.1. The van der Waals surface area contributed by atoms with Crippen LogP contribution in [0.3, 0.4) is 0 Å². The van der Waals surface area contributed by atoms with Crippen LogP contribution in [0.2, 0.25) is 0 Å². The summed E-state index contributed by atoms with van der Waals surface area (Å²) < 4.78 is 0. The predicted molar refractivity (Wildman–Crippen MR) is 245 cm³/mol. The van der Waals surface area contributed by atoms with E-state index in [0.717, 1.165) is 0 Å². The minimum Gasteiger partial charge on any atom is -0.0616 e. The maximum Gasteiger partial charge on any atom is 0.0159 e. The third-order valence-corrected chi connectivity index (χ3v) is 13.0. The summed E-state index contributed by atoms with van der Waals surface area (Å²) in [5.74, 6) is 0. The molecule has 0 saturated carbocycles. The Kier molecular flexibility index (Phi) is 6.78. The normalized spacial score (nSPS) is 13.2. The number of hydrogen-bond donors (Lipinski definition) is 0. The van der Waals surface area contributed by atoms with Gasteiger partial charge in [0.15, 0.2) is 0 Å². The molecule has 0 saturated heterocycles. The van der Waals surface area contributed by atoms with E-state index in [1.54, 1.807) is 0 Å². The first-order chi connectivity index (χ1) is 28.0. The van der Waals surface area contributed by atoms with Crippen molar-refractivity contribution < 1.29 is 0 Å². The van der Waals surface area contributed by atoms with Crippen molar-refractivity contribution in [3.8, 4) is 44.5 Å². The molecule has 0 atom stereocenters. The Labute approximate surface area is 332 Å². The number of rotatable bonds is 3. The van der Waals surface area contributed by atoms with Crippen LogP contribution < -0.4 is 0 Å². The SMILES string of the molecule is CC1(C)c2cc3ccccc3cc2-c2c(-c3cccc(-c4c5ccccc5c(-c5cc6ccc7ccccc7c6c6ccccc56)c5ccccc45)c3)cccc21. The Bertz CT molecular complexity index is 3430. The van der Waals surface area contributed by atoms with Crippen molar-refractivity contribution >= 4 is 64.6 Å². The Morgan fingerprint density at radius 2 is 0.807 bits per heavy atom. The van der Waals surface area contributed by atoms with Crippen LogP contribution in [0, 0.1) is 0 Å². The number of benzene rings is 11.